The second-order valence-electron chi connectivity index (χ2n) is 5.00. The Morgan fingerprint density at radius 1 is 1.32 bits per heavy atom. The van der Waals surface area contributed by atoms with Gasteiger partial charge in [0.1, 0.15) is 17.3 Å². The van der Waals surface area contributed by atoms with Gasteiger partial charge in [-0.2, -0.15) is 0 Å². The molecule has 0 aliphatic carbocycles. The van der Waals surface area contributed by atoms with Crippen LogP contribution in [0, 0.1) is 0 Å². The lowest BCUT2D eigenvalue weighted by Gasteiger charge is -2.28. The maximum atomic E-state index is 12.4. The molecule has 0 bridgehead atoms. The van der Waals surface area contributed by atoms with E-state index in [1.54, 1.807) is 18.2 Å². The van der Waals surface area contributed by atoms with Crippen LogP contribution in [0.15, 0.2) is 30.5 Å². The van der Waals surface area contributed by atoms with E-state index in [2.05, 4.69) is 15.3 Å². The molecule has 0 spiro atoms. The van der Waals surface area contributed by atoms with E-state index in [9.17, 15) is 9.59 Å². The molecule has 3 rings (SSSR count). The van der Waals surface area contributed by atoms with Crippen LogP contribution in [0.4, 0.5) is 22.1 Å². The average Bonchev–Trinajstić information content (AvgIpc) is 2.55. The molecular formula is C15H15N5O2. The maximum absolute atomic E-state index is 12.4. The molecule has 2 aromatic rings. The van der Waals surface area contributed by atoms with Gasteiger partial charge in [0.2, 0.25) is 0 Å². The molecule has 1 aliphatic heterocycles. The molecule has 0 fully saturated rings. The van der Waals surface area contributed by atoms with Crippen molar-refractivity contribution in [2.45, 2.75) is 12.8 Å². The maximum Gasteiger partial charge on any atom is 0.328 e. The van der Waals surface area contributed by atoms with Gasteiger partial charge >= 0.3 is 6.03 Å². The van der Waals surface area contributed by atoms with Crippen molar-refractivity contribution < 1.29 is 9.59 Å². The number of nitrogens with one attached hydrogen (secondary N) is 1. The van der Waals surface area contributed by atoms with Crippen molar-refractivity contribution in [3.8, 4) is 0 Å². The number of nitrogens with zero attached hydrogens (tertiary/aromatic N) is 3. The summed E-state index contributed by atoms with van der Waals surface area (Å²) in [5.41, 5.74) is 7.36. The van der Waals surface area contributed by atoms with Crippen molar-refractivity contribution in [2.24, 2.45) is 0 Å². The molecule has 3 N–H and O–H groups in total. The van der Waals surface area contributed by atoms with Crippen molar-refractivity contribution in [3.05, 3.63) is 41.7 Å². The number of carbonyl (C=O) groups excluding carboxylic acids is 2. The Kier molecular flexibility index (Phi) is 3.69. The Morgan fingerprint density at radius 3 is 2.91 bits per heavy atom. The van der Waals surface area contributed by atoms with Gasteiger partial charge in [0, 0.05) is 6.54 Å². The summed E-state index contributed by atoms with van der Waals surface area (Å²) in [7, 11) is 0. The van der Waals surface area contributed by atoms with E-state index in [1.165, 1.54) is 11.1 Å². The van der Waals surface area contributed by atoms with Gasteiger partial charge in [-0.3, -0.25) is 15.0 Å². The molecule has 1 aliphatic rings. The number of aldehydes is 1. The SMILES string of the molecule is Nc1ccc(NC(=O)N2CCCc3ccc(C=O)nc32)nc1. The molecule has 2 aromatic heterocycles. The molecule has 7 nitrogen and oxygen atoms in total. The molecule has 2 amide bonds. The number of nitrogen functional groups attached to an aromatic ring is 1. The number of amides is 2. The third-order valence-electron chi connectivity index (χ3n) is 3.45. The zero-order valence-corrected chi connectivity index (χ0v) is 11.8. The minimum atomic E-state index is -0.325. The fourth-order valence-electron chi connectivity index (χ4n) is 2.37. The molecular weight excluding hydrogens is 282 g/mol. The predicted octanol–water partition coefficient (Wildman–Crippen LogP) is 1.86. The predicted molar refractivity (Wildman–Crippen MR) is 83.0 cm³/mol. The molecule has 112 valence electrons. The summed E-state index contributed by atoms with van der Waals surface area (Å²) >= 11 is 0. The fourth-order valence-corrected chi connectivity index (χ4v) is 2.37. The topological polar surface area (TPSA) is 101 Å². The molecule has 0 saturated heterocycles. The molecule has 3 heterocycles. The minimum absolute atomic E-state index is 0.309. The molecule has 0 aromatic carbocycles. The first kappa shape index (κ1) is 14.0. The van der Waals surface area contributed by atoms with Crippen LogP contribution in [0.5, 0.6) is 0 Å². The van der Waals surface area contributed by atoms with Crippen molar-refractivity contribution >= 4 is 29.6 Å². The van der Waals surface area contributed by atoms with E-state index in [-0.39, 0.29) is 6.03 Å². The Hall–Kier alpha value is -2.96. The van der Waals surface area contributed by atoms with Gasteiger partial charge in [-0.25, -0.2) is 14.8 Å². The quantitative estimate of drug-likeness (QED) is 0.824. The van der Waals surface area contributed by atoms with Crippen LogP contribution in [0.3, 0.4) is 0 Å². The van der Waals surface area contributed by atoms with Gasteiger partial charge in [-0.1, -0.05) is 6.07 Å². The van der Waals surface area contributed by atoms with Crippen LogP contribution < -0.4 is 16.0 Å². The Balaban J connectivity index is 1.85. The smallest absolute Gasteiger partial charge is 0.328 e. The van der Waals surface area contributed by atoms with Gasteiger partial charge in [0.05, 0.1) is 11.9 Å². The van der Waals surface area contributed by atoms with Gasteiger partial charge in [0.15, 0.2) is 6.29 Å². The third kappa shape index (κ3) is 2.73. The van der Waals surface area contributed by atoms with Crippen molar-refractivity contribution in [2.75, 3.05) is 22.5 Å². The van der Waals surface area contributed by atoms with Crippen LogP contribution in [-0.4, -0.2) is 28.8 Å². The zero-order chi connectivity index (χ0) is 15.5. The lowest BCUT2D eigenvalue weighted by Crippen LogP contribution is -2.39. The van der Waals surface area contributed by atoms with Crippen LogP contribution >= 0.6 is 0 Å². The summed E-state index contributed by atoms with van der Waals surface area (Å²) in [4.78, 5) is 33.1. The second kappa shape index (κ2) is 5.80. The van der Waals surface area contributed by atoms with Gasteiger partial charge in [-0.15, -0.1) is 0 Å². The third-order valence-corrected chi connectivity index (χ3v) is 3.45. The van der Waals surface area contributed by atoms with Crippen molar-refractivity contribution in [3.63, 3.8) is 0 Å². The monoisotopic (exact) mass is 297 g/mol. The number of hydrogen-bond acceptors (Lipinski definition) is 5. The number of aromatic nitrogens is 2. The van der Waals surface area contributed by atoms with E-state index in [0.29, 0.717) is 35.8 Å². The number of carbonyl (C=O) groups is 2. The highest BCUT2D eigenvalue weighted by molar-refractivity contribution is 6.01. The van der Waals surface area contributed by atoms with Gasteiger partial charge in [0.25, 0.3) is 0 Å². The summed E-state index contributed by atoms with van der Waals surface area (Å²) in [5, 5.41) is 2.71. The fraction of sp³-hybridized carbons (Fsp3) is 0.200. The van der Waals surface area contributed by atoms with E-state index in [4.69, 9.17) is 5.73 Å². The number of fused-ring (bicyclic) bond motifs is 1. The molecule has 0 unspecified atom stereocenters. The molecule has 0 radical (unpaired) electrons. The number of nitrogens with two attached hydrogens (primary N) is 1. The first-order chi connectivity index (χ1) is 10.7. The molecule has 22 heavy (non-hydrogen) atoms. The van der Waals surface area contributed by atoms with E-state index >= 15 is 0 Å². The normalized spacial score (nSPS) is 13.4. The lowest BCUT2D eigenvalue weighted by atomic mass is 10.1. The molecule has 0 atom stereocenters. The summed E-state index contributed by atoms with van der Waals surface area (Å²) in [6, 6.07) is 6.47. The first-order valence-corrected chi connectivity index (χ1v) is 6.92. The van der Waals surface area contributed by atoms with Crippen LogP contribution in [0.2, 0.25) is 0 Å². The number of anilines is 3. The number of pyridine rings is 2. The Morgan fingerprint density at radius 2 is 2.18 bits per heavy atom. The second-order valence-corrected chi connectivity index (χ2v) is 5.00. The highest BCUT2D eigenvalue weighted by Crippen LogP contribution is 2.25. The van der Waals surface area contributed by atoms with Crippen LogP contribution in [0.25, 0.3) is 0 Å². The Bertz CT molecular complexity index is 714. The highest BCUT2D eigenvalue weighted by Gasteiger charge is 2.24. The largest absolute Gasteiger partial charge is 0.397 e. The Labute approximate surface area is 127 Å². The summed E-state index contributed by atoms with van der Waals surface area (Å²) < 4.78 is 0. The van der Waals surface area contributed by atoms with E-state index in [0.717, 1.165) is 18.4 Å². The average molecular weight is 297 g/mol. The zero-order valence-electron chi connectivity index (χ0n) is 11.8. The first-order valence-electron chi connectivity index (χ1n) is 6.92. The lowest BCUT2D eigenvalue weighted by molar-refractivity contribution is 0.111. The number of urea groups is 1. The van der Waals surface area contributed by atoms with E-state index in [1.807, 2.05) is 6.07 Å². The van der Waals surface area contributed by atoms with Crippen molar-refractivity contribution in [1.82, 2.24) is 9.97 Å². The number of rotatable bonds is 2. The molecule has 7 heteroatoms. The van der Waals surface area contributed by atoms with Gasteiger partial charge < -0.3 is 5.73 Å². The minimum Gasteiger partial charge on any atom is -0.397 e. The highest BCUT2D eigenvalue weighted by atomic mass is 16.2. The number of aryl methyl sites for hydroxylation is 1. The molecule has 0 saturated carbocycles. The number of hydrogen-bond donors (Lipinski definition) is 2. The van der Waals surface area contributed by atoms with Crippen LogP contribution in [-0.2, 0) is 6.42 Å². The summed E-state index contributed by atoms with van der Waals surface area (Å²) in [6.45, 7) is 0.545. The van der Waals surface area contributed by atoms with Gasteiger partial charge in [-0.05, 0) is 36.6 Å². The van der Waals surface area contributed by atoms with Crippen LogP contribution in [0.1, 0.15) is 22.5 Å². The summed E-state index contributed by atoms with van der Waals surface area (Å²) in [6.07, 6.45) is 3.83. The summed E-state index contributed by atoms with van der Waals surface area (Å²) in [5.74, 6) is 0.946. The van der Waals surface area contributed by atoms with E-state index < -0.39 is 0 Å². The van der Waals surface area contributed by atoms with Crippen molar-refractivity contribution in [1.29, 1.82) is 0 Å². The standard InChI is InChI=1S/C15H15N5O2/c16-11-4-6-13(17-8-11)19-15(22)20-7-1-2-10-3-5-12(9-21)18-14(10)20/h3-6,8-9H,1-2,7,16H2,(H,17,19,22).